The Bertz CT molecular complexity index is 967. The Morgan fingerprint density at radius 2 is 2.03 bits per heavy atom. The lowest BCUT2D eigenvalue weighted by atomic mass is 9.46. The molecule has 6 atom stereocenters. The molecule has 7 heteroatoms. The number of methoxy groups -OCH3 is 1. The zero-order chi connectivity index (χ0) is 24.1. The average molecular weight is 473 g/mol. The first-order valence-electron chi connectivity index (χ1n) is 12.8. The van der Waals surface area contributed by atoms with Crippen LogP contribution in [-0.4, -0.2) is 41.2 Å². The number of halogens is 1. The van der Waals surface area contributed by atoms with Gasteiger partial charge >= 0.3 is 0 Å². The van der Waals surface area contributed by atoms with Crippen LogP contribution >= 0.6 is 0 Å². The van der Waals surface area contributed by atoms with E-state index in [4.69, 9.17) is 4.74 Å². The first-order valence-corrected chi connectivity index (χ1v) is 12.8. The second kappa shape index (κ2) is 8.51. The molecule has 0 radical (unpaired) electrons. The van der Waals surface area contributed by atoms with Gasteiger partial charge in [0.25, 0.3) is 0 Å². The van der Waals surface area contributed by atoms with Crippen molar-refractivity contribution in [3.8, 4) is 5.75 Å². The normalized spacial score (nSPS) is 36.9. The van der Waals surface area contributed by atoms with Crippen LogP contribution in [0.5, 0.6) is 5.75 Å². The molecule has 4 bridgehead atoms. The lowest BCUT2D eigenvalue weighted by molar-refractivity contribution is -0.173. The highest BCUT2D eigenvalue weighted by molar-refractivity contribution is 5.80. The van der Waals surface area contributed by atoms with Crippen molar-refractivity contribution in [1.82, 2.24) is 10.6 Å². The van der Waals surface area contributed by atoms with Gasteiger partial charge in [-0.3, -0.25) is 9.59 Å². The van der Waals surface area contributed by atoms with Gasteiger partial charge in [-0.15, -0.1) is 0 Å². The number of carbonyl (C=O) groups excluding carboxylic acids is 2. The third kappa shape index (κ3) is 4.43. The van der Waals surface area contributed by atoms with Crippen molar-refractivity contribution in [1.29, 1.82) is 0 Å². The number of ether oxygens (including phenoxy) is 1. The Labute approximate surface area is 201 Å². The highest BCUT2D eigenvalue weighted by atomic mass is 19.1. The fraction of sp³-hybridized carbons (Fsp3) is 0.704. The van der Waals surface area contributed by atoms with Crippen molar-refractivity contribution in [3.63, 3.8) is 0 Å². The molecule has 0 aromatic heterocycles. The van der Waals surface area contributed by atoms with Gasteiger partial charge in [-0.05, 0) is 99.7 Å². The summed E-state index contributed by atoms with van der Waals surface area (Å²) in [5.41, 5.74) is -0.192. The average Bonchev–Trinajstić information content (AvgIpc) is 3.12. The van der Waals surface area contributed by atoms with Gasteiger partial charge in [0.1, 0.15) is 0 Å². The van der Waals surface area contributed by atoms with Crippen molar-refractivity contribution in [2.24, 2.45) is 17.3 Å². The summed E-state index contributed by atoms with van der Waals surface area (Å²) in [6.45, 7) is 2.10. The van der Waals surface area contributed by atoms with E-state index in [0.717, 1.165) is 37.7 Å². The van der Waals surface area contributed by atoms with E-state index in [-0.39, 0.29) is 29.0 Å². The number of carbonyl (C=O) groups is 2. The second-order valence-corrected chi connectivity index (χ2v) is 11.8. The molecule has 1 heterocycles. The van der Waals surface area contributed by atoms with E-state index < -0.39 is 17.0 Å². The molecule has 5 fully saturated rings. The number of hydrogen-bond donors (Lipinski definition) is 3. The van der Waals surface area contributed by atoms with E-state index >= 15 is 0 Å². The van der Waals surface area contributed by atoms with E-state index in [1.165, 1.54) is 19.6 Å². The molecule has 1 aromatic rings. The lowest BCUT2D eigenvalue weighted by Crippen LogP contribution is -2.61. The van der Waals surface area contributed by atoms with Crippen LogP contribution in [0, 0.1) is 23.1 Å². The predicted octanol–water partition coefficient (Wildman–Crippen LogP) is 3.64. The van der Waals surface area contributed by atoms with E-state index in [2.05, 4.69) is 17.6 Å². The molecule has 2 unspecified atom stereocenters. The summed E-state index contributed by atoms with van der Waals surface area (Å²) in [5, 5.41) is 17.4. The molecule has 6 nitrogen and oxygen atoms in total. The third-order valence-corrected chi connectivity index (χ3v) is 9.20. The van der Waals surface area contributed by atoms with Crippen molar-refractivity contribution in [2.75, 3.05) is 7.11 Å². The molecule has 34 heavy (non-hydrogen) atoms. The molecule has 5 aliphatic rings. The maximum atomic E-state index is 13.8. The Morgan fingerprint density at radius 3 is 2.65 bits per heavy atom. The fourth-order valence-electron chi connectivity index (χ4n) is 8.00. The summed E-state index contributed by atoms with van der Waals surface area (Å²) in [5.74, 6) is 0.905. The van der Waals surface area contributed by atoms with Gasteiger partial charge in [-0.1, -0.05) is 6.07 Å². The SMILES string of the molecule is COc1cc(C[C@]2(CCC(=O)N[C@@H](C)C34C[C@@H]5C[C@@H](CC(O)(C5)C3)C4)CCC(=O)N2)ccc1F. The van der Waals surface area contributed by atoms with Crippen LogP contribution in [-0.2, 0) is 16.0 Å². The Morgan fingerprint density at radius 1 is 1.29 bits per heavy atom. The first-order chi connectivity index (χ1) is 16.1. The molecule has 186 valence electrons. The van der Waals surface area contributed by atoms with E-state index in [0.29, 0.717) is 43.9 Å². The van der Waals surface area contributed by atoms with Gasteiger partial charge in [-0.2, -0.15) is 0 Å². The maximum Gasteiger partial charge on any atom is 0.220 e. The van der Waals surface area contributed by atoms with E-state index in [9.17, 15) is 19.1 Å². The van der Waals surface area contributed by atoms with Crippen LogP contribution in [0.25, 0.3) is 0 Å². The number of hydrogen-bond acceptors (Lipinski definition) is 4. The standard InChI is InChI=1S/C27H37FN2O4/c1-17(25-11-19-9-20(12-25)15-27(33,14-19)16-25)29-23(31)5-7-26(8-6-24(32)30-26)13-18-3-4-21(28)22(10-18)34-2/h3-4,10,17,19-20,33H,5-9,11-16H2,1-2H3,(H,29,31)(H,30,32)/t17-,19-,20+,25?,26-,27?/m0/s1. The largest absolute Gasteiger partial charge is 0.494 e. The first kappa shape index (κ1) is 23.6. The topological polar surface area (TPSA) is 87.7 Å². The number of amides is 2. The summed E-state index contributed by atoms with van der Waals surface area (Å²) < 4.78 is 19.0. The van der Waals surface area contributed by atoms with Crippen molar-refractivity contribution in [2.45, 2.75) is 94.7 Å². The van der Waals surface area contributed by atoms with Crippen LogP contribution in [0.15, 0.2) is 18.2 Å². The fourth-order valence-corrected chi connectivity index (χ4v) is 8.00. The second-order valence-electron chi connectivity index (χ2n) is 11.8. The Kier molecular flexibility index (Phi) is 5.90. The monoisotopic (exact) mass is 472 g/mol. The van der Waals surface area contributed by atoms with Crippen molar-refractivity contribution < 1.29 is 23.8 Å². The minimum Gasteiger partial charge on any atom is -0.494 e. The van der Waals surface area contributed by atoms with Crippen LogP contribution < -0.4 is 15.4 Å². The van der Waals surface area contributed by atoms with Crippen LogP contribution in [0.2, 0.25) is 0 Å². The maximum absolute atomic E-state index is 13.8. The molecule has 0 spiro atoms. The molecular weight excluding hydrogens is 435 g/mol. The van der Waals surface area contributed by atoms with Gasteiger partial charge in [0.2, 0.25) is 11.8 Å². The molecule has 4 saturated carbocycles. The van der Waals surface area contributed by atoms with Gasteiger partial charge in [0, 0.05) is 24.4 Å². The molecule has 1 aliphatic heterocycles. The van der Waals surface area contributed by atoms with E-state index in [1.54, 1.807) is 12.1 Å². The summed E-state index contributed by atoms with van der Waals surface area (Å²) in [6.07, 6.45) is 8.50. The Balaban J connectivity index is 1.23. The zero-order valence-corrected chi connectivity index (χ0v) is 20.3. The van der Waals surface area contributed by atoms with E-state index in [1.807, 2.05) is 0 Å². The molecule has 1 saturated heterocycles. The lowest BCUT2D eigenvalue weighted by Gasteiger charge is -2.62. The van der Waals surface area contributed by atoms with Gasteiger partial charge in [-0.25, -0.2) is 4.39 Å². The summed E-state index contributed by atoms with van der Waals surface area (Å²) >= 11 is 0. The molecule has 2 amide bonds. The third-order valence-electron chi connectivity index (χ3n) is 9.20. The minimum atomic E-state index is -0.544. The quantitative estimate of drug-likeness (QED) is 0.539. The highest BCUT2D eigenvalue weighted by Gasteiger charge is 2.59. The zero-order valence-electron chi connectivity index (χ0n) is 20.3. The van der Waals surface area contributed by atoms with Gasteiger partial charge in [0.15, 0.2) is 11.6 Å². The predicted molar refractivity (Wildman–Crippen MR) is 126 cm³/mol. The molecule has 6 rings (SSSR count). The van der Waals surface area contributed by atoms with Crippen molar-refractivity contribution >= 4 is 11.8 Å². The minimum absolute atomic E-state index is 0.00157. The van der Waals surface area contributed by atoms with Crippen LogP contribution in [0.3, 0.4) is 0 Å². The molecule has 4 aliphatic carbocycles. The summed E-state index contributed by atoms with van der Waals surface area (Å²) in [4.78, 5) is 25.2. The van der Waals surface area contributed by atoms with Gasteiger partial charge < -0.3 is 20.5 Å². The van der Waals surface area contributed by atoms with Crippen molar-refractivity contribution in [3.05, 3.63) is 29.6 Å². The number of rotatable bonds is 8. The smallest absolute Gasteiger partial charge is 0.220 e. The summed E-state index contributed by atoms with van der Waals surface area (Å²) in [7, 11) is 1.43. The highest BCUT2D eigenvalue weighted by Crippen LogP contribution is 2.62. The number of aliphatic hydroxyl groups is 1. The molecule has 1 aromatic carbocycles. The summed E-state index contributed by atoms with van der Waals surface area (Å²) in [6, 6.07) is 4.78. The van der Waals surface area contributed by atoms with Crippen LogP contribution in [0.4, 0.5) is 4.39 Å². The number of nitrogens with one attached hydrogen (secondary N) is 2. The Hall–Kier alpha value is -2.15. The van der Waals surface area contributed by atoms with Gasteiger partial charge in [0.05, 0.1) is 12.7 Å². The molecular formula is C27H37FN2O4. The molecule has 3 N–H and O–H groups in total. The number of benzene rings is 1. The van der Waals surface area contributed by atoms with Crippen LogP contribution in [0.1, 0.15) is 76.7 Å².